The molecular weight excluding hydrogens is 492 g/mol. The summed E-state index contributed by atoms with van der Waals surface area (Å²) in [5.74, 6) is -0.271. The Balaban J connectivity index is 1.82. The van der Waals surface area contributed by atoms with Crippen molar-refractivity contribution in [1.82, 2.24) is 0 Å². The van der Waals surface area contributed by atoms with Gasteiger partial charge in [0.05, 0.1) is 11.0 Å². The van der Waals surface area contributed by atoms with Gasteiger partial charge in [0.25, 0.3) is 5.70 Å². The van der Waals surface area contributed by atoms with Crippen LogP contribution in [0.2, 0.25) is 0 Å². The third-order valence-corrected chi connectivity index (χ3v) is 8.49. The van der Waals surface area contributed by atoms with E-state index < -0.39 is 22.6 Å². The van der Waals surface area contributed by atoms with Crippen molar-refractivity contribution in [2.75, 3.05) is 13.6 Å². The Morgan fingerprint density at radius 2 is 1.95 bits per heavy atom. The number of pyridine rings is 1. The molecule has 2 aromatic rings. The second kappa shape index (κ2) is 11.2. The molecule has 0 aliphatic carbocycles. The molecule has 5 nitrogen and oxygen atoms in total. The molecule has 1 aromatic heterocycles. The van der Waals surface area contributed by atoms with Gasteiger partial charge in [0.2, 0.25) is 5.69 Å². The molecule has 0 bridgehead atoms. The standard InChI is InChI=1S/C32H40F2N5/c1-8-18-37(7)26(9-2)30-35-28(10-3)36-39(30)20-15-17-32(12-5)31(6,11-4)24-21-23(33)22-25(34)29(24)27-16-13-14-19-38(27)32/h8-9,13-19,21-22,30H,1,10-12,20H2,2-7H3/q+3. The van der Waals surface area contributed by atoms with E-state index in [-0.39, 0.29) is 6.17 Å². The van der Waals surface area contributed by atoms with Gasteiger partial charge >= 0.3 is 6.17 Å². The average molecular weight is 533 g/mol. The zero-order valence-electron chi connectivity index (χ0n) is 24.0. The van der Waals surface area contributed by atoms with Crippen LogP contribution < -0.4 is 4.57 Å². The van der Waals surface area contributed by atoms with Crippen molar-refractivity contribution in [3.63, 3.8) is 0 Å². The van der Waals surface area contributed by atoms with Gasteiger partial charge in [-0.15, -0.1) is 0 Å². The Kier molecular flexibility index (Phi) is 8.19. The van der Waals surface area contributed by atoms with E-state index in [1.54, 1.807) is 6.08 Å². The molecule has 0 radical (unpaired) electrons. The zero-order valence-corrected chi connectivity index (χ0v) is 24.0. The van der Waals surface area contributed by atoms with E-state index in [2.05, 4.69) is 51.0 Å². The van der Waals surface area contributed by atoms with Crippen molar-refractivity contribution in [3.05, 3.63) is 90.3 Å². The summed E-state index contributed by atoms with van der Waals surface area (Å²) in [6.45, 7) is 14.8. The van der Waals surface area contributed by atoms with Crippen molar-refractivity contribution < 1.29 is 22.6 Å². The lowest BCUT2D eigenvalue weighted by Gasteiger charge is -2.46. The highest BCUT2D eigenvalue weighted by Crippen LogP contribution is 2.51. The predicted molar refractivity (Wildman–Crippen MR) is 152 cm³/mol. The largest absolute Gasteiger partial charge is 0.356 e. The Hall–Kier alpha value is -3.61. The fourth-order valence-corrected chi connectivity index (χ4v) is 6.29. The monoisotopic (exact) mass is 532 g/mol. The first kappa shape index (κ1) is 28.4. The van der Waals surface area contributed by atoms with E-state index in [0.29, 0.717) is 24.1 Å². The summed E-state index contributed by atoms with van der Waals surface area (Å²) in [5, 5.41) is 4.81. The predicted octanol–water partition coefficient (Wildman–Crippen LogP) is 6.68. The maximum Gasteiger partial charge on any atom is 0.356 e. The van der Waals surface area contributed by atoms with Crippen LogP contribution in [-0.4, -0.2) is 41.1 Å². The number of benzene rings is 1. The Morgan fingerprint density at radius 3 is 2.59 bits per heavy atom. The summed E-state index contributed by atoms with van der Waals surface area (Å²) in [6.07, 6.45) is 14.0. The smallest absolute Gasteiger partial charge is 0.207 e. The molecule has 2 aliphatic rings. The minimum atomic E-state index is -0.560. The van der Waals surface area contributed by atoms with Crippen LogP contribution in [0.4, 0.5) is 8.78 Å². The zero-order chi connectivity index (χ0) is 28.4. The van der Waals surface area contributed by atoms with Gasteiger partial charge in [0.15, 0.2) is 30.3 Å². The van der Waals surface area contributed by atoms with E-state index in [1.807, 2.05) is 59.9 Å². The molecule has 3 atom stereocenters. The first-order valence-corrected chi connectivity index (χ1v) is 13.8. The third kappa shape index (κ3) is 4.62. The minimum absolute atomic E-state index is 0.249. The Bertz CT molecular complexity index is 1430. The van der Waals surface area contributed by atoms with E-state index in [1.165, 1.54) is 6.07 Å². The fourth-order valence-electron chi connectivity index (χ4n) is 6.29. The maximum absolute atomic E-state index is 15.3. The molecule has 0 saturated carbocycles. The van der Waals surface area contributed by atoms with Crippen LogP contribution >= 0.6 is 0 Å². The summed E-state index contributed by atoms with van der Waals surface area (Å²) in [7, 11) is 1.98. The molecule has 0 N–H and O–H groups in total. The summed E-state index contributed by atoms with van der Waals surface area (Å²) >= 11 is 0. The molecule has 3 heterocycles. The van der Waals surface area contributed by atoms with E-state index in [4.69, 9.17) is 10.1 Å². The van der Waals surface area contributed by atoms with Crippen molar-refractivity contribution in [1.29, 1.82) is 0 Å². The van der Waals surface area contributed by atoms with Crippen LogP contribution in [0.5, 0.6) is 0 Å². The molecule has 3 unspecified atom stereocenters. The van der Waals surface area contributed by atoms with Gasteiger partial charge in [0, 0.05) is 36.2 Å². The fraction of sp³-hybridized carbons (Fsp3) is 0.406. The molecule has 1 aromatic carbocycles. The third-order valence-electron chi connectivity index (χ3n) is 8.49. The summed E-state index contributed by atoms with van der Waals surface area (Å²) in [6, 6.07) is 8.31. The molecule has 0 amide bonds. The number of nitrogens with zero attached hydrogens (tertiary/aromatic N) is 5. The summed E-state index contributed by atoms with van der Waals surface area (Å²) in [4.78, 5) is 4.88. The van der Waals surface area contributed by atoms with Gasteiger partial charge in [-0.25, -0.2) is 8.78 Å². The highest BCUT2D eigenvalue weighted by Gasteiger charge is 2.58. The topological polar surface area (TPSA) is 34.6 Å². The van der Waals surface area contributed by atoms with Crippen molar-refractivity contribution in [2.24, 2.45) is 10.1 Å². The molecule has 0 fully saturated rings. The molecule has 39 heavy (non-hydrogen) atoms. The molecule has 2 aliphatic heterocycles. The lowest BCUT2D eigenvalue weighted by atomic mass is 9.59. The average Bonchev–Trinajstić information content (AvgIpc) is 3.33. The van der Waals surface area contributed by atoms with Crippen LogP contribution in [0.1, 0.15) is 59.4 Å². The number of allylic oxidation sites excluding steroid dienone is 3. The second-order valence-corrected chi connectivity index (χ2v) is 10.3. The first-order valence-electron chi connectivity index (χ1n) is 13.8. The van der Waals surface area contributed by atoms with Crippen LogP contribution in [-0.2, 0) is 11.0 Å². The number of fused-ring (bicyclic) bond motifs is 3. The van der Waals surface area contributed by atoms with Gasteiger partial charge in [0.1, 0.15) is 18.7 Å². The number of hydrogen-bond acceptors (Lipinski definition) is 2. The SMILES string of the molecule is C=CC=[N+](C)C(=CC)C1N=C(CC)N=[N+]1CC=CC1(CC)[n+]2ccccc2-c2c(F)cc(F)cc2C1(C)CC. The van der Waals surface area contributed by atoms with Gasteiger partial charge in [-0.05, 0) is 62.3 Å². The number of hydrogen-bond donors (Lipinski definition) is 0. The lowest BCUT2D eigenvalue weighted by molar-refractivity contribution is -0.756. The van der Waals surface area contributed by atoms with Gasteiger partial charge in [-0.1, -0.05) is 32.0 Å². The van der Waals surface area contributed by atoms with E-state index >= 15 is 4.39 Å². The quantitative estimate of drug-likeness (QED) is 0.196. The molecule has 4 rings (SSSR count). The van der Waals surface area contributed by atoms with Crippen molar-refractivity contribution >= 4 is 12.1 Å². The van der Waals surface area contributed by atoms with E-state index in [0.717, 1.165) is 36.1 Å². The number of amidine groups is 1. The van der Waals surface area contributed by atoms with E-state index in [9.17, 15) is 4.39 Å². The highest BCUT2D eigenvalue weighted by atomic mass is 19.1. The molecule has 0 saturated heterocycles. The van der Waals surface area contributed by atoms with Crippen LogP contribution in [0.15, 0.2) is 83.2 Å². The number of halogens is 2. The Morgan fingerprint density at radius 1 is 1.18 bits per heavy atom. The molecular formula is C32H40F2N5+3. The maximum atomic E-state index is 15.3. The number of aliphatic imine (C=N–C) groups is 1. The van der Waals surface area contributed by atoms with Crippen molar-refractivity contribution in [3.8, 4) is 11.3 Å². The first-order chi connectivity index (χ1) is 18.7. The number of aromatic nitrogens is 1. The number of azo groups is 2. The van der Waals surface area contributed by atoms with Crippen molar-refractivity contribution in [2.45, 2.75) is 71.0 Å². The van der Waals surface area contributed by atoms with Crippen LogP contribution in [0, 0.1) is 11.6 Å². The minimum Gasteiger partial charge on any atom is -0.207 e. The Labute approximate surface area is 230 Å². The lowest BCUT2D eigenvalue weighted by Crippen LogP contribution is -2.68. The second-order valence-electron chi connectivity index (χ2n) is 10.3. The molecule has 204 valence electrons. The normalized spacial score (nSPS) is 24.9. The molecule has 0 spiro atoms. The molecule has 7 heteroatoms. The highest BCUT2D eigenvalue weighted by molar-refractivity contribution is 5.82. The van der Waals surface area contributed by atoms with Gasteiger partial charge < -0.3 is 0 Å². The number of likely N-dealkylation sites (N-methyl/N-ethyl adjacent to an activating group) is 1. The number of rotatable bonds is 9. The van der Waals surface area contributed by atoms with Crippen LogP contribution in [0.25, 0.3) is 11.3 Å². The van der Waals surface area contributed by atoms with Gasteiger partial charge in [-0.3, -0.25) is 0 Å². The summed E-state index contributed by atoms with van der Waals surface area (Å²) < 4.78 is 36.2. The van der Waals surface area contributed by atoms with Gasteiger partial charge in [-0.2, -0.15) is 14.1 Å². The van der Waals surface area contributed by atoms with Crippen LogP contribution in [0.3, 0.4) is 0 Å². The summed E-state index contributed by atoms with van der Waals surface area (Å²) in [5.41, 5.74) is 1.84.